The first kappa shape index (κ1) is 12.1. The summed E-state index contributed by atoms with van der Waals surface area (Å²) >= 11 is 0. The van der Waals surface area contributed by atoms with Gasteiger partial charge < -0.3 is 18.3 Å². The number of hydrogen-bond acceptors (Lipinski definition) is 4. The van der Waals surface area contributed by atoms with Crippen molar-refractivity contribution in [3.63, 3.8) is 0 Å². The fraction of sp³-hybridized carbons (Fsp3) is 1.00. The second-order valence-electron chi connectivity index (χ2n) is 3.46. The van der Waals surface area contributed by atoms with E-state index in [-0.39, 0.29) is 6.10 Å². The molecule has 0 aromatic carbocycles. The Morgan fingerprint density at radius 1 is 1.36 bits per heavy atom. The fourth-order valence-electron chi connectivity index (χ4n) is 1.39. The normalized spacial score (nSPS) is 19.7. The average Bonchev–Trinajstić information content (AvgIpc) is 2.16. The van der Waals surface area contributed by atoms with Crippen LogP contribution in [-0.2, 0) is 18.3 Å². The molecule has 1 rings (SSSR count). The molecule has 0 N–H and O–H groups in total. The molecule has 0 bridgehead atoms. The highest BCUT2D eigenvalue weighted by Gasteiger charge is 2.25. The molecule has 14 heavy (non-hydrogen) atoms. The van der Waals surface area contributed by atoms with Gasteiger partial charge in [0.25, 0.3) is 0 Å². The number of hydrogen-bond donors (Lipinski definition) is 0. The molecule has 0 aromatic rings. The van der Waals surface area contributed by atoms with Crippen LogP contribution in [0.15, 0.2) is 0 Å². The summed E-state index contributed by atoms with van der Waals surface area (Å²) < 4.78 is 21.4. The first-order chi connectivity index (χ1) is 6.80. The summed E-state index contributed by atoms with van der Waals surface area (Å²) in [5, 5.41) is 0. The molecule has 1 aliphatic rings. The summed E-state index contributed by atoms with van der Waals surface area (Å²) in [5.41, 5.74) is 0. The van der Waals surface area contributed by atoms with Gasteiger partial charge in [0.1, 0.15) is 6.10 Å². The Morgan fingerprint density at radius 2 is 2.00 bits per heavy atom. The Bertz CT molecular complexity index is 148. The standard InChI is InChI=1S/C9H20O4Si/c1-4-8(7-14(10-2)11-3)13-9-5-12-6-9/h8-9,14H,4-7H2,1-3H3. The van der Waals surface area contributed by atoms with E-state index in [1.807, 2.05) is 0 Å². The third kappa shape index (κ3) is 3.66. The van der Waals surface area contributed by atoms with E-state index in [0.29, 0.717) is 6.10 Å². The predicted molar refractivity (Wildman–Crippen MR) is 55.7 cm³/mol. The van der Waals surface area contributed by atoms with Crippen molar-refractivity contribution in [1.29, 1.82) is 0 Å². The van der Waals surface area contributed by atoms with Crippen LogP contribution < -0.4 is 0 Å². The van der Waals surface area contributed by atoms with Gasteiger partial charge in [-0.05, 0) is 6.42 Å². The molecule has 0 aromatic heterocycles. The third-order valence-electron chi connectivity index (χ3n) is 2.43. The van der Waals surface area contributed by atoms with Gasteiger partial charge in [0, 0.05) is 20.3 Å². The molecule has 0 amide bonds. The van der Waals surface area contributed by atoms with E-state index in [9.17, 15) is 0 Å². The van der Waals surface area contributed by atoms with E-state index in [1.54, 1.807) is 14.2 Å². The quantitative estimate of drug-likeness (QED) is 0.592. The Balaban J connectivity index is 2.21. The summed E-state index contributed by atoms with van der Waals surface area (Å²) in [5.74, 6) is 0. The molecule has 1 saturated heterocycles. The van der Waals surface area contributed by atoms with Crippen LogP contribution in [0.3, 0.4) is 0 Å². The monoisotopic (exact) mass is 220 g/mol. The maximum atomic E-state index is 5.82. The highest BCUT2D eigenvalue weighted by atomic mass is 28.3. The Morgan fingerprint density at radius 3 is 2.36 bits per heavy atom. The first-order valence-electron chi connectivity index (χ1n) is 5.09. The van der Waals surface area contributed by atoms with Gasteiger partial charge in [-0.2, -0.15) is 0 Å². The molecule has 84 valence electrons. The van der Waals surface area contributed by atoms with E-state index >= 15 is 0 Å². The molecule has 5 heteroatoms. The minimum absolute atomic E-state index is 0.264. The van der Waals surface area contributed by atoms with Crippen LogP contribution in [-0.4, -0.2) is 48.9 Å². The smallest absolute Gasteiger partial charge is 0.323 e. The fourth-order valence-corrected chi connectivity index (χ4v) is 2.84. The molecule has 1 unspecified atom stereocenters. The number of rotatable bonds is 7. The van der Waals surface area contributed by atoms with Crippen molar-refractivity contribution in [2.24, 2.45) is 0 Å². The van der Waals surface area contributed by atoms with Crippen molar-refractivity contribution in [2.45, 2.75) is 31.6 Å². The van der Waals surface area contributed by atoms with Crippen molar-refractivity contribution in [3.8, 4) is 0 Å². The van der Waals surface area contributed by atoms with Crippen molar-refractivity contribution in [1.82, 2.24) is 0 Å². The highest BCUT2D eigenvalue weighted by Crippen LogP contribution is 2.15. The van der Waals surface area contributed by atoms with Crippen LogP contribution in [0.1, 0.15) is 13.3 Å². The zero-order chi connectivity index (χ0) is 10.4. The minimum atomic E-state index is -1.48. The summed E-state index contributed by atoms with van der Waals surface area (Å²) in [7, 11) is 1.94. The lowest BCUT2D eigenvalue weighted by Gasteiger charge is -2.31. The molecule has 1 fully saturated rings. The molecule has 4 nitrogen and oxygen atoms in total. The van der Waals surface area contributed by atoms with Gasteiger partial charge in [-0.25, -0.2) is 0 Å². The van der Waals surface area contributed by atoms with E-state index in [0.717, 1.165) is 25.7 Å². The molecule has 0 saturated carbocycles. The van der Waals surface area contributed by atoms with Gasteiger partial charge in [-0.3, -0.25) is 0 Å². The Hall–Kier alpha value is 0.0569. The van der Waals surface area contributed by atoms with Crippen LogP contribution in [0.2, 0.25) is 6.04 Å². The SMILES string of the molecule is CCC(C[SiH](OC)OC)OC1COC1. The maximum absolute atomic E-state index is 5.82. The lowest BCUT2D eigenvalue weighted by atomic mass is 10.2. The van der Waals surface area contributed by atoms with Gasteiger partial charge >= 0.3 is 9.28 Å². The van der Waals surface area contributed by atoms with Gasteiger partial charge in [-0.15, -0.1) is 0 Å². The average molecular weight is 220 g/mol. The van der Waals surface area contributed by atoms with Gasteiger partial charge in [0.05, 0.1) is 19.3 Å². The van der Waals surface area contributed by atoms with E-state index in [1.165, 1.54) is 0 Å². The van der Waals surface area contributed by atoms with Crippen molar-refractivity contribution >= 4 is 9.28 Å². The molecular weight excluding hydrogens is 200 g/mol. The minimum Gasteiger partial charge on any atom is -0.400 e. The third-order valence-corrected chi connectivity index (χ3v) is 4.39. The lowest BCUT2D eigenvalue weighted by Crippen LogP contribution is -2.40. The Labute approximate surface area is 87.3 Å². The first-order valence-corrected chi connectivity index (χ1v) is 6.84. The summed E-state index contributed by atoms with van der Waals surface area (Å²) in [6.07, 6.45) is 1.57. The van der Waals surface area contributed by atoms with Crippen LogP contribution in [0.5, 0.6) is 0 Å². The van der Waals surface area contributed by atoms with Crippen molar-refractivity contribution < 1.29 is 18.3 Å². The summed E-state index contributed by atoms with van der Waals surface area (Å²) in [6, 6.07) is 0.917. The van der Waals surface area contributed by atoms with Gasteiger partial charge in [0.15, 0.2) is 0 Å². The Kier molecular flexibility index (Phi) is 5.65. The summed E-state index contributed by atoms with van der Waals surface area (Å²) in [4.78, 5) is 0. The molecule has 1 aliphatic heterocycles. The summed E-state index contributed by atoms with van der Waals surface area (Å²) in [6.45, 7) is 3.60. The predicted octanol–water partition coefficient (Wildman–Crippen LogP) is 0.694. The van der Waals surface area contributed by atoms with Gasteiger partial charge in [0.2, 0.25) is 0 Å². The lowest BCUT2D eigenvalue weighted by molar-refractivity contribution is -0.151. The van der Waals surface area contributed by atoms with E-state index in [2.05, 4.69) is 6.92 Å². The molecule has 0 aliphatic carbocycles. The van der Waals surface area contributed by atoms with Crippen LogP contribution >= 0.6 is 0 Å². The second-order valence-corrected chi connectivity index (χ2v) is 5.74. The van der Waals surface area contributed by atoms with E-state index in [4.69, 9.17) is 18.3 Å². The molecule has 0 radical (unpaired) electrons. The largest absolute Gasteiger partial charge is 0.400 e. The zero-order valence-corrected chi connectivity index (χ0v) is 10.3. The highest BCUT2D eigenvalue weighted by molar-refractivity contribution is 6.44. The zero-order valence-electron chi connectivity index (χ0n) is 9.19. The van der Waals surface area contributed by atoms with E-state index < -0.39 is 9.28 Å². The van der Waals surface area contributed by atoms with Gasteiger partial charge in [-0.1, -0.05) is 6.92 Å². The molecule has 1 atom stereocenters. The van der Waals surface area contributed by atoms with Crippen LogP contribution in [0, 0.1) is 0 Å². The topological polar surface area (TPSA) is 36.9 Å². The van der Waals surface area contributed by atoms with Crippen molar-refractivity contribution in [3.05, 3.63) is 0 Å². The van der Waals surface area contributed by atoms with Crippen LogP contribution in [0.4, 0.5) is 0 Å². The van der Waals surface area contributed by atoms with Crippen molar-refractivity contribution in [2.75, 3.05) is 27.4 Å². The number of ether oxygens (including phenoxy) is 2. The molecule has 1 heterocycles. The molecule has 0 spiro atoms. The maximum Gasteiger partial charge on any atom is 0.323 e. The second kappa shape index (κ2) is 6.52. The van der Waals surface area contributed by atoms with Crippen LogP contribution in [0.25, 0.3) is 0 Å². The molecular formula is C9H20O4Si.